The number of carbonyl (C=O) groups is 9. The number of amides is 9. The minimum absolute atomic E-state index is 0.000181. The first-order valence-corrected chi connectivity index (χ1v) is 49.2. The molecule has 144 heavy (non-hydrogen) atoms. The van der Waals surface area contributed by atoms with Gasteiger partial charge in [-0.05, 0) is 182 Å². The van der Waals surface area contributed by atoms with Crippen molar-refractivity contribution in [3.05, 3.63) is 308 Å². The van der Waals surface area contributed by atoms with E-state index in [2.05, 4.69) is 123 Å². The average Bonchev–Trinajstić information content (AvgIpc) is 1.57. The molecule has 8 heterocycles. The number of anilines is 4. The molecule has 8 aromatic carbocycles. The van der Waals surface area contributed by atoms with Crippen molar-refractivity contribution in [2.45, 2.75) is 171 Å². The molecule has 35 heteroatoms. The highest BCUT2D eigenvalue weighted by Gasteiger charge is 2.46. The molecule has 35 nitrogen and oxygen atoms in total. The molecule has 4 aliphatic heterocycles. The molecule has 20 rings (SSSR count). The SMILES string of the molecule is CC(C)(C)C1C(NC(=O)c2nc(-c3cccc(C(=O)N[C@H]4CCc5ccccc54)c3)cnc2N)CCCN1C(=O)O[C@H]1Cc2ccccc2[C@H]1NC(=O)c1cccc(-c2cnc(N)c(C(=O)N[C@H]3CCNC3)n2)c1.CCN1CC[C@H](NC(=O)c2nc(-c3cccc(C(=O)N[C@H]4c5ccccc5C[C@H]4O)c3)cnc2N)C1.Nc1ncc(-c2cccc(C(=O)N[C@H]3CCc4ccccc43)c2)nc1C(=O)NC1CCCNC1. The van der Waals surface area contributed by atoms with Crippen molar-refractivity contribution in [3.63, 3.8) is 0 Å². The number of benzene rings is 8. The predicted octanol–water partition coefficient (Wildman–Crippen LogP) is 10.7. The van der Waals surface area contributed by atoms with Crippen LogP contribution in [0, 0.1) is 5.41 Å². The van der Waals surface area contributed by atoms with Crippen molar-refractivity contribution in [3.8, 4) is 45.0 Å². The Kier molecular flexibility index (Phi) is 29.9. The van der Waals surface area contributed by atoms with Gasteiger partial charge in [0.05, 0.1) is 89.9 Å². The van der Waals surface area contributed by atoms with Gasteiger partial charge in [0.15, 0.2) is 46.0 Å². The van der Waals surface area contributed by atoms with Gasteiger partial charge in [0.2, 0.25) is 0 Å². The Balaban J connectivity index is 0.000000161. The monoisotopic (exact) mass is 1940 g/mol. The molecular weight excluding hydrogens is 1820 g/mol. The molecule has 12 aromatic rings. The lowest BCUT2D eigenvalue weighted by atomic mass is 9.77. The van der Waals surface area contributed by atoms with Crippen molar-refractivity contribution >= 4 is 76.6 Å². The quantitative estimate of drug-likeness (QED) is 0.0300. The van der Waals surface area contributed by atoms with Crippen LogP contribution in [0.15, 0.2) is 219 Å². The Labute approximate surface area is 833 Å². The van der Waals surface area contributed by atoms with E-state index in [9.17, 15) is 48.3 Å². The van der Waals surface area contributed by atoms with Crippen LogP contribution in [0.1, 0.15) is 231 Å². The Morgan fingerprint density at radius 1 is 0.403 bits per heavy atom. The number of hydrogen-bond acceptors (Lipinski definition) is 26. The molecule has 0 saturated carbocycles. The zero-order chi connectivity index (χ0) is 100. The lowest BCUT2D eigenvalue weighted by Crippen LogP contribution is -2.62. The number of ether oxygens (including phenoxy) is 1. The largest absolute Gasteiger partial charge is 0.443 e. The summed E-state index contributed by atoms with van der Waals surface area (Å²) in [4.78, 5) is 161. The lowest BCUT2D eigenvalue weighted by molar-refractivity contribution is -0.00106. The lowest BCUT2D eigenvalue weighted by Gasteiger charge is -2.47. The number of aromatic nitrogens is 8. The van der Waals surface area contributed by atoms with Crippen molar-refractivity contribution in [2.24, 2.45) is 5.41 Å². The van der Waals surface area contributed by atoms with Crippen LogP contribution in [-0.4, -0.2) is 203 Å². The summed E-state index contributed by atoms with van der Waals surface area (Å²) < 4.78 is 6.41. The molecule has 4 aromatic heterocycles. The highest BCUT2D eigenvalue weighted by atomic mass is 16.6. The molecule has 740 valence electrons. The van der Waals surface area contributed by atoms with Crippen LogP contribution in [0.2, 0.25) is 0 Å². The first kappa shape index (κ1) is 98.3. The molecule has 0 bridgehead atoms. The van der Waals surface area contributed by atoms with Gasteiger partial charge in [-0.1, -0.05) is 173 Å². The third kappa shape index (κ3) is 22.5. The number of likely N-dealkylation sites (N-methyl/N-ethyl adjacent to an activating group) is 1. The number of carbonyl (C=O) groups excluding carboxylic acids is 9. The summed E-state index contributed by atoms with van der Waals surface area (Å²) in [5.74, 6) is -2.66. The molecular formula is C109H118N24O11. The molecule has 0 spiro atoms. The van der Waals surface area contributed by atoms with E-state index < -0.39 is 65.6 Å². The number of fused-ring (bicyclic) bond motifs is 4. The molecule has 3 unspecified atom stereocenters. The summed E-state index contributed by atoms with van der Waals surface area (Å²) >= 11 is 0. The molecule has 9 amide bonds. The second kappa shape index (κ2) is 43.7. The molecule has 4 saturated heterocycles. The Morgan fingerprint density at radius 3 is 1.23 bits per heavy atom. The van der Waals surface area contributed by atoms with Crippen LogP contribution < -0.4 is 76.1 Å². The first-order chi connectivity index (χ1) is 69.7. The number of likely N-dealkylation sites (tertiary alicyclic amines) is 2. The van der Waals surface area contributed by atoms with Crippen LogP contribution in [0.25, 0.3) is 45.0 Å². The van der Waals surface area contributed by atoms with Gasteiger partial charge in [0.1, 0.15) is 6.10 Å². The maximum absolute atomic E-state index is 14.6. The van der Waals surface area contributed by atoms with E-state index in [4.69, 9.17) is 27.7 Å². The van der Waals surface area contributed by atoms with Gasteiger partial charge < -0.3 is 95.7 Å². The summed E-state index contributed by atoms with van der Waals surface area (Å²) in [7, 11) is 0. The van der Waals surface area contributed by atoms with E-state index in [0.29, 0.717) is 106 Å². The fourth-order valence-electron chi connectivity index (χ4n) is 20.6. The van der Waals surface area contributed by atoms with Gasteiger partial charge in [-0.2, -0.15) is 0 Å². The fourth-order valence-corrected chi connectivity index (χ4v) is 20.6. The van der Waals surface area contributed by atoms with E-state index in [1.807, 2.05) is 106 Å². The number of nitrogens with two attached hydrogens (primary N) is 4. The maximum Gasteiger partial charge on any atom is 0.410 e. The van der Waals surface area contributed by atoms with Crippen LogP contribution in [-0.2, 0) is 30.4 Å². The molecule has 8 aliphatic rings. The Hall–Kier alpha value is -15.9. The summed E-state index contributed by atoms with van der Waals surface area (Å²) in [6, 6.07) is 57.5. The number of aliphatic hydroxyl groups excluding tert-OH is 1. The topological polar surface area (TPSA) is 517 Å². The fraction of sp³-hybridized carbons (Fsp3) is 0.330. The van der Waals surface area contributed by atoms with Gasteiger partial charge in [-0.25, -0.2) is 44.7 Å². The normalized spacial score (nSPS) is 20.6. The van der Waals surface area contributed by atoms with Crippen LogP contribution in [0.5, 0.6) is 0 Å². The number of piperidine rings is 2. The second-order valence-electron chi connectivity index (χ2n) is 38.8. The number of nitrogens with zero attached hydrogens (tertiary/aromatic N) is 10. The second-order valence-corrected chi connectivity index (χ2v) is 38.8. The molecule has 0 radical (unpaired) electrons. The van der Waals surface area contributed by atoms with Crippen molar-refractivity contribution in [2.75, 3.05) is 75.3 Å². The van der Waals surface area contributed by atoms with Gasteiger partial charge in [0, 0.05) is 108 Å². The highest BCUT2D eigenvalue weighted by Crippen LogP contribution is 2.41. The number of hydrogen-bond donors (Lipinski definition) is 15. The van der Waals surface area contributed by atoms with Gasteiger partial charge in [-0.3, -0.25) is 38.4 Å². The summed E-state index contributed by atoms with van der Waals surface area (Å²) in [5, 5.41) is 41.5. The number of aliphatic hydroxyl groups is 1. The zero-order valence-electron chi connectivity index (χ0n) is 80.6. The third-order valence-corrected chi connectivity index (χ3v) is 28.0. The summed E-state index contributed by atoms with van der Waals surface area (Å²) in [6.45, 7) is 14.3. The van der Waals surface area contributed by atoms with Crippen molar-refractivity contribution in [1.82, 2.24) is 103 Å². The van der Waals surface area contributed by atoms with Gasteiger partial charge >= 0.3 is 6.09 Å². The molecule has 11 atom stereocenters. The van der Waals surface area contributed by atoms with E-state index >= 15 is 0 Å². The average molecular weight is 1940 g/mol. The Morgan fingerprint density at radius 2 is 0.799 bits per heavy atom. The van der Waals surface area contributed by atoms with Crippen LogP contribution in [0.3, 0.4) is 0 Å². The summed E-state index contributed by atoms with van der Waals surface area (Å²) in [5.41, 5.74) is 38.3. The van der Waals surface area contributed by atoms with Crippen molar-refractivity contribution in [1.29, 1.82) is 0 Å². The third-order valence-electron chi connectivity index (χ3n) is 28.0. The maximum atomic E-state index is 14.6. The number of nitrogen functional groups attached to an aromatic ring is 4. The molecule has 4 fully saturated rings. The van der Waals surface area contributed by atoms with E-state index in [-0.39, 0.29) is 106 Å². The van der Waals surface area contributed by atoms with E-state index in [0.717, 1.165) is 118 Å². The van der Waals surface area contributed by atoms with Crippen LogP contribution in [0.4, 0.5) is 28.1 Å². The predicted molar refractivity (Wildman–Crippen MR) is 545 cm³/mol. The summed E-state index contributed by atoms with van der Waals surface area (Å²) in [6.07, 6.45) is 13.1. The first-order valence-electron chi connectivity index (χ1n) is 49.2. The zero-order valence-corrected chi connectivity index (χ0v) is 80.6. The van der Waals surface area contributed by atoms with Gasteiger partial charge in [0.25, 0.3) is 47.3 Å². The minimum Gasteiger partial charge on any atom is -0.443 e. The van der Waals surface area contributed by atoms with Crippen LogP contribution >= 0.6 is 0 Å². The standard InChI is InChI=1S/C56H60N12O6.C27H30N6O3.C26H28N6O2/c1-56(2,3)48-41(66-54(72)47-50(58)61-30-43(64-47)33-13-8-15-35(25-33)51(69)65-40-21-20-31-11-4-6-17-38(31)40)19-10-24-68(48)55(73)74-44-27-32-12-5-7-18-39(32)45(44)67-52(70)36-16-9-14-34(26-36)42-29-60-49(57)46(63-42)53(71)62-37-22-23-59-28-37;1-2-33-11-10-19(15-33)30-27(36)24-25(28)29-14-21(31-24)17-7-5-8-18(12-17)26(35)32-23-20-9-4-3-6-16(20)13-22(23)34;27-24-23(26(34)30-19-8-4-12-28-14-19)31-22(15-29-24)17-6-3-7-18(13-17)25(33)32-21-11-10-16-5-1-2-9-20(16)21/h4-9,11-18,25-26,29-30,37,40-41,44-45,48,59H,10,19-24,27-28H2,1-3H3,(H2,57,60)(H2,58,61)(H,62,71)(H,65,69)(H,66,72)(H,67,70);3-9,12,14,19,22-23,34H,2,10-11,13,15H2,1H3,(H2,28,29)(H,30,36)(H,32,35);1-3,5-7,9,13,15,19,21,28H,4,8,10-12,14H2,(H2,27,29)(H,30,34)(H,32,33)/t37-,40-,41?,44-,45+,48?;19-,22+,23-;19?,21-/m000/s1. The molecule has 19 N–H and O–H groups in total. The Bertz CT molecular complexity index is 6860. The van der Waals surface area contributed by atoms with E-state index in [1.54, 1.807) is 95.9 Å². The molecule has 4 aliphatic carbocycles. The minimum atomic E-state index is -0.761. The van der Waals surface area contributed by atoms with E-state index in [1.165, 1.54) is 41.5 Å². The van der Waals surface area contributed by atoms with Gasteiger partial charge in [-0.15, -0.1) is 0 Å². The smallest absolute Gasteiger partial charge is 0.410 e. The number of aryl methyl sites for hydroxylation is 2. The highest BCUT2D eigenvalue weighted by molar-refractivity contribution is 6.02. The number of nitrogens with one attached hydrogen (secondary N) is 10. The number of rotatable bonds is 22. The van der Waals surface area contributed by atoms with Crippen molar-refractivity contribution < 1.29 is 53.0 Å².